The molecular formula is C11H22N4. The lowest BCUT2D eigenvalue weighted by atomic mass is 10.3. The maximum Gasteiger partial charge on any atom is 0.147 e. The molecule has 0 fully saturated rings. The van der Waals surface area contributed by atoms with Crippen LogP contribution in [0.3, 0.4) is 0 Å². The molecule has 0 saturated heterocycles. The second kappa shape index (κ2) is 6.45. The fourth-order valence-corrected chi connectivity index (χ4v) is 1.37. The van der Waals surface area contributed by atoms with Crippen LogP contribution in [-0.2, 0) is 7.05 Å². The van der Waals surface area contributed by atoms with Crippen LogP contribution in [0.4, 0.5) is 5.82 Å². The molecule has 0 saturated carbocycles. The number of aryl methyl sites for hydroxylation is 1. The van der Waals surface area contributed by atoms with Crippen LogP contribution < -0.4 is 10.6 Å². The van der Waals surface area contributed by atoms with E-state index >= 15 is 0 Å². The number of rotatable bonds is 7. The van der Waals surface area contributed by atoms with Crippen molar-refractivity contribution in [2.45, 2.75) is 32.7 Å². The lowest BCUT2D eigenvalue weighted by molar-refractivity contribution is 0.562. The second-order valence-corrected chi connectivity index (χ2v) is 4.12. The molecule has 0 atom stereocenters. The fraction of sp³-hybridized carbons (Fsp3) is 0.727. The molecular weight excluding hydrogens is 188 g/mol. The number of hydrogen-bond acceptors (Lipinski definition) is 3. The third-order valence-electron chi connectivity index (χ3n) is 2.18. The van der Waals surface area contributed by atoms with Crippen molar-refractivity contribution >= 4 is 5.82 Å². The van der Waals surface area contributed by atoms with Crippen LogP contribution in [-0.4, -0.2) is 28.9 Å². The van der Waals surface area contributed by atoms with Gasteiger partial charge in [0.15, 0.2) is 0 Å². The minimum atomic E-state index is 0.591. The lowest BCUT2D eigenvalue weighted by Crippen LogP contribution is -2.24. The van der Waals surface area contributed by atoms with Crippen LogP contribution in [0.1, 0.15) is 26.7 Å². The normalized spacial score (nSPS) is 10.9. The minimum Gasteiger partial charge on any atom is -0.369 e. The molecule has 0 unspecified atom stereocenters. The SMILES string of the molecule is CC(C)NCCCCNc1ccn(C)n1. The molecule has 0 aliphatic carbocycles. The van der Waals surface area contributed by atoms with Crippen LogP contribution in [0.5, 0.6) is 0 Å². The number of anilines is 1. The van der Waals surface area contributed by atoms with Gasteiger partial charge < -0.3 is 10.6 Å². The van der Waals surface area contributed by atoms with Gasteiger partial charge in [0.25, 0.3) is 0 Å². The predicted octanol–water partition coefficient (Wildman–Crippen LogP) is 1.61. The molecule has 0 amide bonds. The molecule has 0 bridgehead atoms. The Labute approximate surface area is 92.1 Å². The maximum absolute atomic E-state index is 4.25. The van der Waals surface area contributed by atoms with E-state index in [9.17, 15) is 0 Å². The molecule has 15 heavy (non-hydrogen) atoms. The van der Waals surface area contributed by atoms with E-state index in [0.29, 0.717) is 6.04 Å². The first-order valence-electron chi connectivity index (χ1n) is 5.65. The number of nitrogens with one attached hydrogen (secondary N) is 2. The highest BCUT2D eigenvalue weighted by Gasteiger charge is 1.95. The monoisotopic (exact) mass is 210 g/mol. The Bertz CT molecular complexity index is 267. The highest BCUT2D eigenvalue weighted by Crippen LogP contribution is 2.00. The molecule has 1 heterocycles. The lowest BCUT2D eigenvalue weighted by Gasteiger charge is -2.07. The Morgan fingerprint density at radius 1 is 1.33 bits per heavy atom. The summed E-state index contributed by atoms with van der Waals surface area (Å²) in [5.41, 5.74) is 0. The Morgan fingerprint density at radius 3 is 2.67 bits per heavy atom. The van der Waals surface area contributed by atoms with Gasteiger partial charge in [-0.2, -0.15) is 5.10 Å². The first-order valence-corrected chi connectivity index (χ1v) is 5.65. The molecule has 2 N–H and O–H groups in total. The van der Waals surface area contributed by atoms with Crippen molar-refractivity contribution < 1.29 is 0 Å². The largest absolute Gasteiger partial charge is 0.369 e. The number of nitrogens with zero attached hydrogens (tertiary/aromatic N) is 2. The van der Waals surface area contributed by atoms with Crippen molar-refractivity contribution in [1.29, 1.82) is 0 Å². The zero-order chi connectivity index (χ0) is 11.1. The van der Waals surface area contributed by atoms with E-state index in [0.717, 1.165) is 18.9 Å². The Hall–Kier alpha value is -1.03. The third-order valence-corrected chi connectivity index (χ3v) is 2.18. The average molecular weight is 210 g/mol. The van der Waals surface area contributed by atoms with Gasteiger partial charge in [-0.25, -0.2) is 0 Å². The van der Waals surface area contributed by atoms with Crippen molar-refractivity contribution in [2.75, 3.05) is 18.4 Å². The number of hydrogen-bond donors (Lipinski definition) is 2. The van der Waals surface area contributed by atoms with Gasteiger partial charge in [0.05, 0.1) is 0 Å². The summed E-state index contributed by atoms with van der Waals surface area (Å²) < 4.78 is 1.81. The van der Waals surface area contributed by atoms with Crippen LogP contribution in [0.25, 0.3) is 0 Å². The van der Waals surface area contributed by atoms with E-state index in [1.165, 1.54) is 12.8 Å². The Balaban J connectivity index is 1.98. The average Bonchev–Trinajstić information content (AvgIpc) is 2.57. The van der Waals surface area contributed by atoms with Gasteiger partial charge in [0, 0.05) is 31.9 Å². The first kappa shape index (κ1) is 12.0. The summed E-state index contributed by atoms with van der Waals surface area (Å²) in [6.45, 7) is 6.44. The summed E-state index contributed by atoms with van der Waals surface area (Å²) >= 11 is 0. The van der Waals surface area contributed by atoms with E-state index in [1.807, 2.05) is 24.0 Å². The zero-order valence-corrected chi connectivity index (χ0v) is 9.95. The van der Waals surface area contributed by atoms with Crippen molar-refractivity contribution in [3.63, 3.8) is 0 Å². The van der Waals surface area contributed by atoms with Crippen molar-refractivity contribution in [2.24, 2.45) is 7.05 Å². The van der Waals surface area contributed by atoms with Crippen molar-refractivity contribution in [1.82, 2.24) is 15.1 Å². The first-order chi connectivity index (χ1) is 7.18. The third kappa shape index (κ3) is 5.42. The topological polar surface area (TPSA) is 41.9 Å². The van der Waals surface area contributed by atoms with E-state index in [2.05, 4.69) is 29.6 Å². The standard InChI is InChI=1S/C11H22N4/c1-10(2)12-7-4-5-8-13-11-6-9-15(3)14-11/h6,9-10,12H,4-5,7-8H2,1-3H3,(H,13,14). The molecule has 0 radical (unpaired) electrons. The van der Waals surface area contributed by atoms with Gasteiger partial charge in [-0.3, -0.25) is 4.68 Å². The molecule has 86 valence electrons. The maximum atomic E-state index is 4.25. The molecule has 0 aromatic carbocycles. The van der Waals surface area contributed by atoms with Crippen LogP contribution in [0, 0.1) is 0 Å². The van der Waals surface area contributed by atoms with Gasteiger partial charge in [-0.05, 0) is 19.4 Å². The highest BCUT2D eigenvalue weighted by molar-refractivity contribution is 5.31. The summed E-state index contributed by atoms with van der Waals surface area (Å²) in [6.07, 6.45) is 4.33. The summed E-state index contributed by atoms with van der Waals surface area (Å²) in [6, 6.07) is 2.58. The summed E-state index contributed by atoms with van der Waals surface area (Å²) in [4.78, 5) is 0. The minimum absolute atomic E-state index is 0.591. The van der Waals surface area contributed by atoms with Crippen LogP contribution in [0.2, 0.25) is 0 Å². The summed E-state index contributed by atoms with van der Waals surface area (Å²) in [7, 11) is 1.93. The van der Waals surface area contributed by atoms with Gasteiger partial charge in [-0.15, -0.1) is 0 Å². The molecule has 4 heteroatoms. The van der Waals surface area contributed by atoms with Crippen LogP contribution >= 0.6 is 0 Å². The van der Waals surface area contributed by atoms with E-state index in [1.54, 1.807) is 0 Å². The Morgan fingerprint density at radius 2 is 2.07 bits per heavy atom. The highest BCUT2D eigenvalue weighted by atomic mass is 15.3. The van der Waals surface area contributed by atoms with E-state index < -0.39 is 0 Å². The number of aromatic nitrogens is 2. The molecule has 0 aliphatic rings. The van der Waals surface area contributed by atoms with Crippen molar-refractivity contribution in [3.05, 3.63) is 12.3 Å². The van der Waals surface area contributed by atoms with E-state index in [4.69, 9.17) is 0 Å². The van der Waals surface area contributed by atoms with E-state index in [-0.39, 0.29) is 0 Å². The van der Waals surface area contributed by atoms with Gasteiger partial charge >= 0.3 is 0 Å². The van der Waals surface area contributed by atoms with Crippen LogP contribution in [0.15, 0.2) is 12.3 Å². The zero-order valence-electron chi connectivity index (χ0n) is 9.95. The molecule has 1 aromatic rings. The summed E-state index contributed by atoms with van der Waals surface area (Å²) in [5.74, 6) is 0.967. The van der Waals surface area contributed by atoms with Gasteiger partial charge in [0.1, 0.15) is 5.82 Å². The molecule has 1 aromatic heterocycles. The fourth-order valence-electron chi connectivity index (χ4n) is 1.37. The van der Waals surface area contributed by atoms with Gasteiger partial charge in [0.2, 0.25) is 0 Å². The molecule has 4 nitrogen and oxygen atoms in total. The predicted molar refractivity (Wildman–Crippen MR) is 64.1 cm³/mol. The smallest absolute Gasteiger partial charge is 0.147 e. The van der Waals surface area contributed by atoms with Gasteiger partial charge in [-0.1, -0.05) is 13.8 Å². The summed E-state index contributed by atoms with van der Waals surface area (Å²) in [5, 5.41) is 10.9. The Kier molecular flexibility index (Phi) is 5.18. The van der Waals surface area contributed by atoms with Crippen molar-refractivity contribution in [3.8, 4) is 0 Å². The quantitative estimate of drug-likeness (QED) is 0.672. The second-order valence-electron chi connectivity index (χ2n) is 4.12. The molecule has 0 spiro atoms. The molecule has 0 aliphatic heterocycles. The molecule has 1 rings (SSSR count). The number of unbranched alkanes of at least 4 members (excludes halogenated alkanes) is 1.